The van der Waals surface area contributed by atoms with E-state index < -0.39 is 6.10 Å². The fraction of sp³-hybridized carbons (Fsp3) is 0.200. The average molecular weight is 387 g/mol. The Bertz CT molecular complexity index is 991. The van der Waals surface area contributed by atoms with Crippen LogP contribution in [0.5, 0.6) is 5.75 Å². The summed E-state index contributed by atoms with van der Waals surface area (Å²) in [6, 6.07) is 21.9. The van der Waals surface area contributed by atoms with Gasteiger partial charge in [0.2, 0.25) is 0 Å². The average Bonchev–Trinajstić information content (AvgIpc) is 2.71. The van der Waals surface area contributed by atoms with E-state index in [9.17, 15) is 9.59 Å². The van der Waals surface area contributed by atoms with Crippen LogP contribution in [0, 0.1) is 13.8 Å². The van der Waals surface area contributed by atoms with E-state index in [1.807, 2.05) is 51.1 Å². The lowest BCUT2D eigenvalue weighted by Gasteiger charge is -2.19. The first-order valence-electron chi connectivity index (χ1n) is 9.72. The Kier molecular flexibility index (Phi) is 6.45. The van der Waals surface area contributed by atoms with Gasteiger partial charge in [-0.3, -0.25) is 9.59 Å². The number of anilines is 1. The fourth-order valence-corrected chi connectivity index (χ4v) is 3.24. The van der Waals surface area contributed by atoms with E-state index in [1.54, 1.807) is 36.4 Å². The SMILES string of the molecule is CC[C@H](Oc1cc(C)cc(C)c1)C(=O)Nc1ccccc1C(=O)c1ccccc1. The molecule has 0 saturated heterocycles. The molecular formula is C25H25NO3. The number of hydrogen-bond acceptors (Lipinski definition) is 3. The third-order valence-electron chi connectivity index (χ3n) is 4.60. The molecule has 0 aliphatic rings. The zero-order chi connectivity index (χ0) is 20.8. The van der Waals surface area contributed by atoms with Gasteiger partial charge in [-0.25, -0.2) is 0 Å². The quantitative estimate of drug-likeness (QED) is 0.558. The molecule has 0 radical (unpaired) electrons. The van der Waals surface area contributed by atoms with Crippen LogP contribution >= 0.6 is 0 Å². The highest BCUT2D eigenvalue weighted by Gasteiger charge is 2.21. The number of ketones is 1. The van der Waals surface area contributed by atoms with Crippen LogP contribution in [0.4, 0.5) is 5.69 Å². The van der Waals surface area contributed by atoms with E-state index in [0.29, 0.717) is 29.0 Å². The molecule has 4 nitrogen and oxygen atoms in total. The largest absolute Gasteiger partial charge is 0.481 e. The van der Waals surface area contributed by atoms with Crippen molar-refractivity contribution >= 4 is 17.4 Å². The highest BCUT2D eigenvalue weighted by molar-refractivity contribution is 6.14. The van der Waals surface area contributed by atoms with Gasteiger partial charge in [0.05, 0.1) is 5.69 Å². The van der Waals surface area contributed by atoms with Gasteiger partial charge >= 0.3 is 0 Å². The second-order valence-corrected chi connectivity index (χ2v) is 7.07. The van der Waals surface area contributed by atoms with Crippen molar-refractivity contribution in [1.29, 1.82) is 0 Å². The molecule has 0 aliphatic carbocycles. The number of aryl methyl sites for hydroxylation is 2. The van der Waals surface area contributed by atoms with Crippen molar-refractivity contribution in [2.75, 3.05) is 5.32 Å². The molecule has 1 atom stereocenters. The minimum absolute atomic E-state index is 0.134. The molecule has 29 heavy (non-hydrogen) atoms. The van der Waals surface area contributed by atoms with Crippen LogP contribution in [0.3, 0.4) is 0 Å². The summed E-state index contributed by atoms with van der Waals surface area (Å²) in [5.41, 5.74) is 3.66. The zero-order valence-corrected chi connectivity index (χ0v) is 16.9. The molecule has 0 spiro atoms. The second kappa shape index (κ2) is 9.20. The highest BCUT2D eigenvalue weighted by Crippen LogP contribution is 2.22. The molecule has 3 rings (SSSR count). The number of benzene rings is 3. The van der Waals surface area contributed by atoms with Gasteiger partial charge < -0.3 is 10.1 Å². The highest BCUT2D eigenvalue weighted by atomic mass is 16.5. The minimum atomic E-state index is -0.656. The number of para-hydroxylation sites is 1. The molecule has 4 heteroatoms. The monoisotopic (exact) mass is 387 g/mol. The molecule has 0 bridgehead atoms. The van der Waals surface area contributed by atoms with Crippen LogP contribution in [0.15, 0.2) is 72.8 Å². The Morgan fingerprint density at radius 3 is 2.17 bits per heavy atom. The predicted octanol–water partition coefficient (Wildman–Crippen LogP) is 5.33. The zero-order valence-electron chi connectivity index (χ0n) is 16.9. The van der Waals surface area contributed by atoms with Crippen molar-refractivity contribution in [3.05, 3.63) is 95.1 Å². The Balaban J connectivity index is 1.80. The summed E-state index contributed by atoms with van der Waals surface area (Å²) in [6.45, 7) is 5.88. The first-order chi connectivity index (χ1) is 14.0. The number of carbonyl (C=O) groups is 2. The van der Waals surface area contributed by atoms with E-state index in [2.05, 4.69) is 11.4 Å². The molecule has 1 amide bonds. The van der Waals surface area contributed by atoms with Gasteiger partial charge in [-0.15, -0.1) is 0 Å². The van der Waals surface area contributed by atoms with Crippen LogP contribution in [0.1, 0.15) is 40.4 Å². The number of hydrogen-bond donors (Lipinski definition) is 1. The topological polar surface area (TPSA) is 55.4 Å². The fourth-order valence-electron chi connectivity index (χ4n) is 3.24. The summed E-state index contributed by atoms with van der Waals surface area (Å²) >= 11 is 0. The normalized spacial score (nSPS) is 11.6. The van der Waals surface area contributed by atoms with Gasteiger partial charge in [-0.05, 0) is 55.7 Å². The summed E-state index contributed by atoms with van der Waals surface area (Å²) in [4.78, 5) is 25.8. The van der Waals surface area contributed by atoms with Gasteiger partial charge in [0.25, 0.3) is 5.91 Å². The molecule has 3 aromatic carbocycles. The number of ether oxygens (including phenoxy) is 1. The van der Waals surface area contributed by atoms with E-state index in [-0.39, 0.29) is 11.7 Å². The van der Waals surface area contributed by atoms with Crippen molar-refractivity contribution in [3.63, 3.8) is 0 Å². The maximum atomic E-state index is 12.9. The Hall–Kier alpha value is -3.40. The first-order valence-corrected chi connectivity index (χ1v) is 9.72. The van der Waals surface area contributed by atoms with Gasteiger partial charge in [0.1, 0.15) is 5.75 Å². The van der Waals surface area contributed by atoms with Gasteiger partial charge in [-0.2, -0.15) is 0 Å². The molecule has 3 aromatic rings. The Morgan fingerprint density at radius 2 is 1.52 bits per heavy atom. The lowest BCUT2D eigenvalue weighted by atomic mass is 10.0. The Labute approximate surface area is 171 Å². The minimum Gasteiger partial charge on any atom is -0.481 e. The molecule has 0 aliphatic heterocycles. The molecule has 0 fully saturated rings. The van der Waals surface area contributed by atoms with Gasteiger partial charge in [0.15, 0.2) is 11.9 Å². The van der Waals surface area contributed by atoms with E-state index in [0.717, 1.165) is 11.1 Å². The molecule has 0 saturated carbocycles. The van der Waals surface area contributed by atoms with E-state index in [1.165, 1.54) is 0 Å². The van der Waals surface area contributed by atoms with Crippen LogP contribution in [0.25, 0.3) is 0 Å². The number of amides is 1. The van der Waals surface area contributed by atoms with Crippen molar-refractivity contribution in [2.45, 2.75) is 33.3 Å². The van der Waals surface area contributed by atoms with Crippen LogP contribution < -0.4 is 10.1 Å². The number of rotatable bonds is 7. The summed E-state index contributed by atoms with van der Waals surface area (Å²) in [6.07, 6.45) is -0.149. The van der Waals surface area contributed by atoms with E-state index >= 15 is 0 Å². The van der Waals surface area contributed by atoms with Crippen LogP contribution in [-0.4, -0.2) is 17.8 Å². The maximum absolute atomic E-state index is 12.9. The molecule has 148 valence electrons. The molecule has 0 aromatic heterocycles. The maximum Gasteiger partial charge on any atom is 0.265 e. The lowest BCUT2D eigenvalue weighted by Crippen LogP contribution is -2.33. The summed E-state index contributed by atoms with van der Waals surface area (Å²) in [5, 5.41) is 2.88. The smallest absolute Gasteiger partial charge is 0.265 e. The molecular weight excluding hydrogens is 362 g/mol. The number of carbonyl (C=O) groups excluding carboxylic acids is 2. The van der Waals surface area contributed by atoms with Crippen LogP contribution in [0.2, 0.25) is 0 Å². The standard InChI is InChI=1S/C25H25NO3/c1-4-23(29-20-15-17(2)14-18(3)16-20)25(28)26-22-13-9-8-12-21(22)24(27)19-10-6-5-7-11-19/h5-16,23H,4H2,1-3H3,(H,26,28)/t23-/m0/s1. The van der Waals surface area contributed by atoms with Crippen molar-refractivity contribution in [3.8, 4) is 5.75 Å². The summed E-state index contributed by atoms with van der Waals surface area (Å²) < 4.78 is 5.95. The predicted molar refractivity (Wildman–Crippen MR) is 116 cm³/mol. The third-order valence-corrected chi connectivity index (χ3v) is 4.60. The molecule has 0 heterocycles. The molecule has 0 unspecified atom stereocenters. The summed E-state index contributed by atoms with van der Waals surface area (Å²) in [5.74, 6) is 0.253. The van der Waals surface area contributed by atoms with Crippen molar-refractivity contribution in [2.24, 2.45) is 0 Å². The van der Waals surface area contributed by atoms with E-state index in [4.69, 9.17) is 4.74 Å². The second-order valence-electron chi connectivity index (χ2n) is 7.07. The first kappa shape index (κ1) is 20.3. The van der Waals surface area contributed by atoms with Crippen LogP contribution in [-0.2, 0) is 4.79 Å². The summed E-state index contributed by atoms with van der Waals surface area (Å²) in [7, 11) is 0. The third kappa shape index (κ3) is 5.11. The lowest BCUT2D eigenvalue weighted by molar-refractivity contribution is -0.122. The van der Waals surface area contributed by atoms with Crippen molar-refractivity contribution in [1.82, 2.24) is 0 Å². The van der Waals surface area contributed by atoms with Gasteiger partial charge in [0, 0.05) is 11.1 Å². The van der Waals surface area contributed by atoms with Gasteiger partial charge in [-0.1, -0.05) is 55.5 Å². The molecule has 1 N–H and O–H groups in total. The number of nitrogens with one attached hydrogen (secondary N) is 1. The Morgan fingerprint density at radius 1 is 0.897 bits per heavy atom. The van der Waals surface area contributed by atoms with Crippen molar-refractivity contribution < 1.29 is 14.3 Å².